The SMILES string of the molecule is Cc1cc(C)n2ncc(CN3CC[C@@]4(CCCN(CCc5ccccc5)C4)C3)c2n1. The van der Waals surface area contributed by atoms with Gasteiger partial charge in [-0.2, -0.15) is 5.10 Å². The van der Waals surface area contributed by atoms with E-state index in [1.54, 1.807) is 0 Å². The molecule has 158 valence electrons. The predicted molar refractivity (Wildman–Crippen MR) is 121 cm³/mol. The van der Waals surface area contributed by atoms with Gasteiger partial charge in [0.25, 0.3) is 0 Å². The third-order valence-corrected chi connectivity index (χ3v) is 7.06. The number of aromatic nitrogens is 3. The Hall–Kier alpha value is -2.24. The Kier molecular flexibility index (Phi) is 5.34. The largest absolute Gasteiger partial charge is 0.302 e. The zero-order valence-electron chi connectivity index (χ0n) is 18.3. The van der Waals surface area contributed by atoms with Crippen LogP contribution in [0.25, 0.3) is 5.65 Å². The molecule has 1 aromatic carbocycles. The molecule has 0 unspecified atom stereocenters. The zero-order valence-corrected chi connectivity index (χ0v) is 18.3. The van der Waals surface area contributed by atoms with Gasteiger partial charge in [0, 0.05) is 43.1 Å². The summed E-state index contributed by atoms with van der Waals surface area (Å²) in [6.45, 7) is 11.2. The van der Waals surface area contributed by atoms with Crippen molar-refractivity contribution in [3.05, 3.63) is 65.1 Å². The summed E-state index contributed by atoms with van der Waals surface area (Å²) in [6, 6.07) is 13.0. The number of nitrogens with zero attached hydrogens (tertiary/aromatic N) is 5. The van der Waals surface area contributed by atoms with Crippen LogP contribution in [0.15, 0.2) is 42.6 Å². The lowest BCUT2D eigenvalue weighted by Gasteiger charge is -2.40. The summed E-state index contributed by atoms with van der Waals surface area (Å²) in [4.78, 5) is 10.1. The van der Waals surface area contributed by atoms with Crippen LogP contribution in [-0.2, 0) is 13.0 Å². The van der Waals surface area contributed by atoms with Crippen molar-refractivity contribution >= 4 is 5.65 Å². The minimum absolute atomic E-state index is 0.469. The molecule has 5 nitrogen and oxygen atoms in total. The van der Waals surface area contributed by atoms with E-state index in [9.17, 15) is 0 Å². The van der Waals surface area contributed by atoms with Crippen molar-refractivity contribution in [2.45, 2.75) is 46.1 Å². The van der Waals surface area contributed by atoms with Gasteiger partial charge in [0.1, 0.15) is 0 Å². The van der Waals surface area contributed by atoms with E-state index in [-0.39, 0.29) is 0 Å². The third kappa shape index (κ3) is 4.01. The molecule has 4 heterocycles. The Morgan fingerprint density at radius 1 is 1.00 bits per heavy atom. The molecule has 2 saturated heterocycles. The molecule has 0 amide bonds. The van der Waals surface area contributed by atoms with Gasteiger partial charge in [0.2, 0.25) is 0 Å². The number of hydrogen-bond donors (Lipinski definition) is 0. The van der Waals surface area contributed by atoms with Crippen molar-refractivity contribution in [3.63, 3.8) is 0 Å². The minimum atomic E-state index is 0.469. The van der Waals surface area contributed by atoms with Gasteiger partial charge in [-0.15, -0.1) is 0 Å². The van der Waals surface area contributed by atoms with Crippen LogP contribution >= 0.6 is 0 Å². The first kappa shape index (κ1) is 19.7. The molecule has 2 aliphatic heterocycles. The van der Waals surface area contributed by atoms with Crippen LogP contribution in [0.5, 0.6) is 0 Å². The van der Waals surface area contributed by atoms with E-state index in [1.807, 2.05) is 10.7 Å². The van der Waals surface area contributed by atoms with Crippen LogP contribution in [0, 0.1) is 19.3 Å². The molecule has 0 saturated carbocycles. The monoisotopic (exact) mass is 403 g/mol. The second-order valence-corrected chi connectivity index (χ2v) is 9.52. The summed E-state index contributed by atoms with van der Waals surface area (Å²) in [6.07, 6.45) is 7.20. The first-order valence-electron chi connectivity index (χ1n) is 11.4. The van der Waals surface area contributed by atoms with E-state index in [1.165, 1.54) is 63.1 Å². The van der Waals surface area contributed by atoms with Gasteiger partial charge in [0.15, 0.2) is 5.65 Å². The first-order chi connectivity index (χ1) is 14.6. The van der Waals surface area contributed by atoms with Gasteiger partial charge in [-0.1, -0.05) is 30.3 Å². The van der Waals surface area contributed by atoms with Gasteiger partial charge >= 0.3 is 0 Å². The zero-order chi connectivity index (χ0) is 20.6. The lowest BCUT2D eigenvalue weighted by molar-refractivity contribution is 0.0929. The fraction of sp³-hybridized carbons (Fsp3) is 0.520. The van der Waals surface area contributed by atoms with E-state index in [0.717, 1.165) is 30.0 Å². The molecule has 5 heteroatoms. The number of benzene rings is 1. The van der Waals surface area contributed by atoms with Crippen LogP contribution in [-0.4, -0.2) is 57.1 Å². The Bertz CT molecular complexity index is 1010. The van der Waals surface area contributed by atoms with E-state index < -0.39 is 0 Å². The van der Waals surface area contributed by atoms with E-state index >= 15 is 0 Å². The highest BCUT2D eigenvalue weighted by atomic mass is 15.3. The number of rotatable bonds is 5. The molecular weight excluding hydrogens is 370 g/mol. The number of hydrogen-bond acceptors (Lipinski definition) is 4. The van der Waals surface area contributed by atoms with Crippen LogP contribution in [0.1, 0.15) is 41.8 Å². The van der Waals surface area contributed by atoms with Crippen LogP contribution in [0.4, 0.5) is 0 Å². The Morgan fingerprint density at radius 3 is 2.70 bits per heavy atom. The number of likely N-dealkylation sites (tertiary alicyclic amines) is 2. The molecule has 2 aliphatic rings. The lowest BCUT2D eigenvalue weighted by Crippen LogP contribution is -2.45. The fourth-order valence-electron chi connectivity index (χ4n) is 5.60. The van der Waals surface area contributed by atoms with Gasteiger partial charge < -0.3 is 4.90 Å². The molecule has 5 rings (SSSR count). The van der Waals surface area contributed by atoms with Crippen LogP contribution < -0.4 is 0 Å². The normalized spacial score (nSPS) is 23.0. The lowest BCUT2D eigenvalue weighted by atomic mass is 9.79. The molecule has 1 spiro atoms. The van der Waals surface area contributed by atoms with Crippen molar-refractivity contribution in [2.75, 3.05) is 32.7 Å². The number of aryl methyl sites for hydroxylation is 2. The predicted octanol–water partition coefficient (Wildman–Crippen LogP) is 3.88. The van der Waals surface area contributed by atoms with Gasteiger partial charge in [0.05, 0.1) is 6.20 Å². The average Bonchev–Trinajstić information content (AvgIpc) is 3.32. The van der Waals surface area contributed by atoms with Gasteiger partial charge in [-0.3, -0.25) is 4.90 Å². The van der Waals surface area contributed by atoms with Crippen molar-refractivity contribution in [1.29, 1.82) is 0 Å². The minimum Gasteiger partial charge on any atom is -0.302 e. The van der Waals surface area contributed by atoms with Crippen molar-refractivity contribution in [2.24, 2.45) is 5.41 Å². The van der Waals surface area contributed by atoms with Crippen molar-refractivity contribution in [3.8, 4) is 0 Å². The highest BCUT2D eigenvalue weighted by Crippen LogP contribution is 2.39. The van der Waals surface area contributed by atoms with Crippen LogP contribution in [0.2, 0.25) is 0 Å². The first-order valence-corrected chi connectivity index (χ1v) is 11.4. The molecule has 30 heavy (non-hydrogen) atoms. The second-order valence-electron chi connectivity index (χ2n) is 9.52. The molecule has 3 aromatic rings. The highest BCUT2D eigenvalue weighted by Gasteiger charge is 2.41. The highest BCUT2D eigenvalue weighted by molar-refractivity contribution is 5.47. The van der Waals surface area contributed by atoms with Gasteiger partial charge in [-0.25, -0.2) is 9.50 Å². The standard InChI is InChI=1S/C25H33N5/c1-20-15-21(2)30-24(27-20)23(16-26-30)17-29-14-11-25(19-29)10-6-12-28(18-25)13-9-22-7-4-3-5-8-22/h3-5,7-8,15-16H,6,9-14,17-19H2,1-2H3/t25-/m1/s1. The number of fused-ring (bicyclic) bond motifs is 1. The Morgan fingerprint density at radius 2 is 1.83 bits per heavy atom. The average molecular weight is 404 g/mol. The van der Waals surface area contributed by atoms with Gasteiger partial charge in [-0.05, 0) is 69.7 Å². The summed E-state index contributed by atoms with van der Waals surface area (Å²) >= 11 is 0. The molecule has 0 N–H and O–H groups in total. The molecular formula is C25H33N5. The van der Waals surface area contributed by atoms with E-state index in [4.69, 9.17) is 4.98 Å². The summed E-state index contributed by atoms with van der Waals surface area (Å²) in [5, 5.41) is 4.59. The summed E-state index contributed by atoms with van der Waals surface area (Å²) in [5.41, 5.74) is 6.44. The molecule has 1 atom stereocenters. The van der Waals surface area contributed by atoms with E-state index in [0.29, 0.717) is 5.41 Å². The quantitative estimate of drug-likeness (QED) is 0.648. The smallest absolute Gasteiger partial charge is 0.159 e. The fourth-order valence-corrected chi connectivity index (χ4v) is 5.60. The van der Waals surface area contributed by atoms with Crippen molar-refractivity contribution in [1.82, 2.24) is 24.4 Å². The molecule has 0 radical (unpaired) electrons. The molecule has 2 aromatic heterocycles. The molecule has 0 bridgehead atoms. The Labute approximate surface area is 179 Å². The number of piperidine rings is 1. The Balaban J connectivity index is 1.23. The topological polar surface area (TPSA) is 36.7 Å². The maximum absolute atomic E-state index is 4.77. The van der Waals surface area contributed by atoms with E-state index in [2.05, 4.69) is 65.1 Å². The molecule has 0 aliphatic carbocycles. The maximum Gasteiger partial charge on any atom is 0.159 e. The maximum atomic E-state index is 4.77. The third-order valence-electron chi connectivity index (χ3n) is 7.06. The molecule has 2 fully saturated rings. The second kappa shape index (κ2) is 8.12. The van der Waals surface area contributed by atoms with Crippen LogP contribution in [0.3, 0.4) is 0 Å². The summed E-state index contributed by atoms with van der Waals surface area (Å²) in [7, 11) is 0. The summed E-state index contributed by atoms with van der Waals surface area (Å²) < 4.78 is 1.99. The summed E-state index contributed by atoms with van der Waals surface area (Å²) in [5.74, 6) is 0. The van der Waals surface area contributed by atoms with Crippen molar-refractivity contribution < 1.29 is 0 Å².